The molecule has 0 aliphatic carbocycles. The third-order valence-electron chi connectivity index (χ3n) is 2.89. The lowest BCUT2D eigenvalue weighted by Gasteiger charge is -2.05. The molecule has 0 aromatic heterocycles. The summed E-state index contributed by atoms with van der Waals surface area (Å²) in [5, 5.41) is 10.8. The van der Waals surface area contributed by atoms with Crippen molar-refractivity contribution in [1.82, 2.24) is 0 Å². The number of carbonyl (C=O) groups excluding carboxylic acids is 1. The second kappa shape index (κ2) is 5.48. The Morgan fingerprint density at radius 3 is 2.45 bits per heavy atom. The van der Waals surface area contributed by atoms with E-state index in [2.05, 4.69) is 0 Å². The van der Waals surface area contributed by atoms with Gasteiger partial charge < -0.3 is 5.73 Å². The van der Waals surface area contributed by atoms with Gasteiger partial charge in [0.25, 0.3) is 5.69 Å². The molecule has 2 rings (SSSR count). The van der Waals surface area contributed by atoms with Crippen molar-refractivity contribution in [2.45, 2.75) is 6.42 Å². The summed E-state index contributed by atoms with van der Waals surface area (Å²) < 4.78 is 12.8. The third-order valence-corrected chi connectivity index (χ3v) is 2.89. The van der Waals surface area contributed by atoms with Gasteiger partial charge in [-0.1, -0.05) is 12.1 Å². The lowest BCUT2D eigenvalue weighted by Crippen LogP contribution is -2.07. The van der Waals surface area contributed by atoms with Crippen LogP contribution in [0.5, 0.6) is 0 Å². The van der Waals surface area contributed by atoms with Gasteiger partial charge in [0.1, 0.15) is 11.5 Å². The van der Waals surface area contributed by atoms with Crippen molar-refractivity contribution in [2.24, 2.45) is 0 Å². The molecule has 0 spiro atoms. The van der Waals surface area contributed by atoms with Crippen LogP contribution in [0.4, 0.5) is 15.8 Å². The van der Waals surface area contributed by atoms with Gasteiger partial charge in [0.05, 0.1) is 4.92 Å². The van der Waals surface area contributed by atoms with Crippen LogP contribution in [0.1, 0.15) is 15.9 Å². The van der Waals surface area contributed by atoms with Crippen LogP contribution >= 0.6 is 0 Å². The van der Waals surface area contributed by atoms with Gasteiger partial charge in [0.15, 0.2) is 5.78 Å². The van der Waals surface area contributed by atoms with Crippen LogP contribution in [0, 0.1) is 15.9 Å². The van der Waals surface area contributed by atoms with Crippen LogP contribution < -0.4 is 5.73 Å². The van der Waals surface area contributed by atoms with Crippen LogP contribution in [0.25, 0.3) is 0 Å². The average Bonchev–Trinajstić information content (AvgIpc) is 2.41. The van der Waals surface area contributed by atoms with Crippen molar-refractivity contribution < 1.29 is 14.1 Å². The zero-order chi connectivity index (χ0) is 14.7. The number of ketones is 1. The van der Waals surface area contributed by atoms with E-state index in [0.717, 1.165) is 0 Å². The van der Waals surface area contributed by atoms with E-state index in [0.29, 0.717) is 11.1 Å². The Morgan fingerprint density at radius 2 is 1.85 bits per heavy atom. The average molecular weight is 274 g/mol. The van der Waals surface area contributed by atoms with Crippen LogP contribution in [0.15, 0.2) is 42.5 Å². The zero-order valence-corrected chi connectivity index (χ0v) is 10.4. The van der Waals surface area contributed by atoms with Crippen molar-refractivity contribution in [1.29, 1.82) is 0 Å². The number of hydrogen-bond acceptors (Lipinski definition) is 4. The maximum Gasteiger partial charge on any atom is 0.292 e. The molecule has 20 heavy (non-hydrogen) atoms. The standard InChI is InChI=1S/C14H11FN2O3/c15-11-6-4-9(5-7-11)13(18)8-10-2-1-3-12(14(10)16)17(19)20/h1-7H,8,16H2. The zero-order valence-electron chi connectivity index (χ0n) is 10.4. The van der Waals surface area contributed by atoms with Gasteiger partial charge in [-0.25, -0.2) is 4.39 Å². The number of nitrogen functional groups attached to an aromatic ring is 1. The number of nitro benzene ring substituents is 1. The molecule has 0 saturated heterocycles. The molecule has 0 saturated carbocycles. The van der Waals surface area contributed by atoms with Crippen molar-refractivity contribution >= 4 is 17.2 Å². The second-order valence-electron chi connectivity index (χ2n) is 4.21. The summed E-state index contributed by atoms with van der Waals surface area (Å²) in [4.78, 5) is 22.2. The van der Waals surface area contributed by atoms with Crippen molar-refractivity contribution in [2.75, 3.05) is 5.73 Å². The SMILES string of the molecule is Nc1c(CC(=O)c2ccc(F)cc2)cccc1[N+](=O)[O-]. The quantitative estimate of drug-likeness (QED) is 0.402. The van der Waals surface area contributed by atoms with Gasteiger partial charge in [-0.3, -0.25) is 14.9 Å². The molecule has 0 radical (unpaired) electrons. The fourth-order valence-corrected chi connectivity index (χ4v) is 1.82. The summed E-state index contributed by atoms with van der Waals surface area (Å²) >= 11 is 0. The Labute approximate surface area is 114 Å². The third kappa shape index (κ3) is 2.80. The number of nitrogens with zero attached hydrogens (tertiary/aromatic N) is 1. The largest absolute Gasteiger partial charge is 0.393 e. The molecule has 2 aromatic rings. The van der Waals surface area contributed by atoms with E-state index in [1.807, 2.05) is 0 Å². The molecule has 0 heterocycles. The van der Waals surface area contributed by atoms with Gasteiger partial charge in [0, 0.05) is 18.1 Å². The molecule has 102 valence electrons. The number of anilines is 1. The van der Waals surface area contributed by atoms with E-state index in [-0.39, 0.29) is 23.6 Å². The minimum atomic E-state index is -0.596. The molecule has 5 nitrogen and oxygen atoms in total. The fraction of sp³-hybridized carbons (Fsp3) is 0.0714. The summed E-state index contributed by atoms with van der Waals surface area (Å²) in [5.41, 5.74) is 6.15. The molecule has 0 bridgehead atoms. The molecule has 0 aliphatic heterocycles. The van der Waals surface area contributed by atoms with E-state index in [1.165, 1.54) is 36.4 Å². The van der Waals surface area contributed by atoms with Crippen LogP contribution in [-0.4, -0.2) is 10.7 Å². The van der Waals surface area contributed by atoms with Crippen molar-refractivity contribution in [3.63, 3.8) is 0 Å². The van der Waals surface area contributed by atoms with Gasteiger partial charge in [-0.15, -0.1) is 0 Å². The number of rotatable bonds is 4. The number of benzene rings is 2. The predicted molar refractivity (Wildman–Crippen MR) is 71.9 cm³/mol. The first-order valence-electron chi connectivity index (χ1n) is 5.79. The number of para-hydroxylation sites is 1. The summed E-state index contributed by atoms with van der Waals surface area (Å²) in [5.74, 6) is -0.714. The topological polar surface area (TPSA) is 86.2 Å². The lowest BCUT2D eigenvalue weighted by atomic mass is 10.0. The highest BCUT2D eigenvalue weighted by Crippen LogP contribution is 2.25. The Hall–Kier alpha value is -2.76. The Bertz CT molecular complexity index is 669. The normalized spacial score (nSPS) is 10.2. The summed E-state index contributed by atoms with van der Waals surface area (Å²) in [6, 6.07) is 9.41. The highest BCUT2D eigenvalue weighted by atomic mass is 19.1. The van der Waals surface area contributed by atoms with Crippen LogP contribution in [0.2, 0.25) is 0 Å². The number of nitro groups is 1. The molecule has 0 amide bonds. The van der Waals surface area contributed by atoms with Crippen LogP contribution in [-0.2, 0) is 6.42 Å². The van der Waals surface area contributed by atoms with E-state index >= 15 is 0 Å². The number of carbonyl (C=O) groups is 1. The van der Waals surface area contributed by atoms with E-state index in [9.17, 15) is 19.3 Å². The first kappa shape index (κ1) is 13.7. The first-order valence-corrected chi connectivity index (χ1v) is 5.79. The molecule has 6 heteroatoms. The predicted octanol–water partition coefficient (Wildman–Crippen LogP) is 2.74. The maximum atomic E-state index is 12.8. The maximum absolute atomic E-state index is 12.8. The first-order chi connectivity index (χ1) is 9.49. The summed E-state index contributed by atoms with van der Waals surface area (Å²) in [7, 11) is 0. The van der Waals surface area contributed by atoms with Gasteiger partial charge in [-0.05, 0) is 29.8 Å². The molecule has 2 aromatic carbocycles. The van der Waals surface area contributed by atoms with Gasteiger partial charge >= 0.3 is 0 Å². The van der Waals surface area contributed by atoms with Crippen molar-refractivity contribution in [3.8, 4) is 0 Å². The molecule has 0 atom stereocenters. The summed E-state index contributed by atoms with van der Waals surface area (Å²) in [6.07, 6.45) is -0.0703. The van der Waals surface area contributed by atoms with Crippen molar-refractivity contribution in [3.05, 3.63) is 69.5 Å². The van der Waals surface area contributed by atoms with Crippen LogP contribution in [0.3, 0.4) is 0 Å². The molecule has 2 N–H and O–H groups in total. The highest BCUT2D eigenvalue weighted by molar-refractivity contribution is 5.98. The minimum Gasteiger partial charge on any atom is -0.393 e. The van der Waals surface area contributed by atoms with E-state index in [1.54, 1.807) is 6.07 Å². The molecule has 0 aliphatic rings. The van der Waals surface area contributed by atoms with Gasteiger partial charge in [0.2, 0.25) is 0 Å². The minimum absolute atomic E-state index is 0.0204. The fourth-order valence-electron chi connectivity index (χ4n) is 1.82. The van der Waals surface area contributed by atoms with E-state index in [4.69, 9.17) is 5.73 Å². The Morgan fingerprint density at radius 1 is 1.20 bits per heavy atom. The highest BCUT2D eigenvalue weighted by Gasteiger charge is 2.16. The smallest absolute Gasteiger partial charge is 0.292 e. The monoisotopic (exact) mass is 274 g/mol. The van der Waals surface area contributed by atoms with E-state index < -0.39 is 10.7 Å². The molecule has 0 unspecified atom stereocenters. The lowest BCUT2D eigenvalue weighted by molar-refractivity contribution is -0.383. The number of nitrogens with two attached hydrogens (primary N) is 1. The molecular formula is C14H11FN2O3. The number of halogens is 1. The molecular weight excluding hydrogens is 263 g/mol. The Balaban J connectivity index is 2.26. The second-order valence-corrected chi connectivity index (χ2v) is 4.21. The number of hydrogen-bond donors (Lipinski definition) is 1. The Kier molecular flexibility index (Phi) is 3.74. The van der Waals surface area contributed by atoms with Gasteiger partial charge in [-0.2, -0.15) is 0 Å². The molecule has 0 fully saturated rings. The number of Topliss-reactive ketones (excluding diaryl/α,β-unsaturated/α-hetero) is 1. The summed E-state index contributed by atoms with van der Waals surface area (Å²) in [6.45, 7) is 0.